The fourth-order valence-corrected chi connectivity index (χ4v) is 0.227. The molecule has 0 aromatic heterocycles. The maximum atomic E-state index is 10.2. The van der Waals surface area contributed by atoms with Gasteiger partial charge in [0.1, 0.15) is 0 Å². The van der Waals surface area contributed by atoms with Gasteiger partial charge < -0.3 is 20.9 Å². The van der Waals surface area contributed by atoms with Gasteiger partial charge in [0, 0.05) is 0 Å². The molecule has 0 radical (unpaired) electrons. The largest absolute Gasteiger partial charge is 1.00 e. The monoisotopic (exact) mass is 156 g/mol. The van der Waals surface area contributed by atoms with Crippen molar-refractivity contribution < 1.29 is 49.3 Å². The van der Waals surface area contributed by atoms with Crippen molar-refractivity contribution in [2.75, 3.05) is 7.11 Å². The number of ether oxygens (including phenoxy) is 1. The summed E-state index contributed by atoms with van der Waals surface area (Å²) in [6, 6.07) is 0. The van der Waals surface area contributed by atoms with Gasteiger partial charge in [-0.05, 0) is 0 Å². The van der Waals surface area contributed by atoms with Gasteiger partial charge in [-0.2, -0.15) is 0 Å². The maximum absolute atomic E-state index is 10.2. The van der Waals surface area contributed by atoms with Crippen molar-refractivity contribution in [3.63, 3.8) is 0 Å². The molecule has 0 amide bonds. The van der Waals surface area contributed by atoms with Gasteiger partial charge in [-0.1, -0.05) is 0 Å². The number of hydrogen-bond donors (Lipinski definition) is 2. The van der Waals surface area contributed by atoms with E-state index in [0.717, 1.165) is 7.11 Å². The molecule has 0 fully saturated rings. The number of carbonyl (C=O) groups is 2. The van der Waals surface area contributed by atoms with E-state index in [2.05, 4.69) is 9.39 Å². The molecule has 0 spiro atoms. The Kier molecular flexibility index (Phi) is 7.46. The van der Waals surface area contributed by atoms with E-state index in [1.165, 1.54) is 0 Å². The molecule has 0 bridgehead atoms. The zero-order chi connectivity index (χ0) is 8.15. The summed E-state index contributed by atoms with van der Waals surface area (Å²) in [5.41, 5.74) is 0. The zero-order valence-electron chi connectivity index (χ0n) is 7.10. The molecule has 0 aromatic rings. The van der Waals surface area contributed by atoms with Gasteiger partial charge in [-0.25, -0.2) is 9.59 Å². The minimum absolute atomic E-state index is 0. The van der Waals surface area contributed by atoms with Crippen molar-refractivity contribution in [1.82, 2.24) is 0 Å². The van der Waals surface area contributed by atoms with E-state index >= 15 is 0 Å². The van der Waals surface area contributed by atoms with Gasteiger partial charge in [-0.15, -0.1) is 0 Å². The second-order valence-electron chi connectivity index (χ2n) is 1.22. The van der Waals surface area contributed by atoms with Gasteiger partial charge in [0.25, 0.3) is 0 Å². The van der Waals surface area contributed by atoms with Crippen LogP contribution >= 0.6 is 0 Å². The predicted octanol–water partition coefficient (Wildman–Crippen LogP) is -5.21. The number of esters is 1. The van der Waals surface area contributed by atoms with E-state index in [1.54, 1.807) is 0 Å². The van der Waals surface area contributed by atoms with Crippen LogP contribution < -0.4 is 18.9 Å². The molecule has 0 aliphatic heterocycles. The smallest absolute Gasteiger partial charge is 1.00 e. The molecule has 2 N–H and O–H groups in total. The van der Waals surface area contributed by atoms with Crippen molar-refractivity contribution >= 4 is 19.3 Å². The molecule has 0 heterocycles. The summed E-state index contributed by atoms with van der Waals surface area (Å²) in [6.45, 7) is 0. The van der Waals surface area contributed by atoms with Crippen molar-refractivity contribution in [1.29, 1.82) is 0 Å². The molecule has 58 valence electrons. The molecule has 11 heavy (non-hydrogen) atoms. The third kappa shape index (κ3) is 5.94. The number of methoxy groups -OCH3 is 1. The van der Waals surface area contributed by atoms with Crippen LogP contribution in [0.4, 0.5) is 0 Å². The van der Waals surface area contributed by atoms with Crippen molar-refractivity contribution in [2.24, 2.45) is 0 Å². The van der Waals surface area contributed by atoms with Gasteiger partial charge in [0.2, 0.25) is 0 Å². The van der Waals surface area contributed by atoms with Gasteiger partial charge in [-0.3, -0.25) is 0 Å². The Balaban J connectivity index is -0.000000405. The molecule has 0 aliphatic carbocycles. The summed E-state index contributed by atoms with van der Waals surface area (Å²) in [4.78, 5) is 20.3. The summed E-state index contributed by atoms with van der Waals surface area (Å²) >= 11 is 0. The van der Waals surface area contributed by atoms with E-state index in [0.29, 0.717) is 0 Å². The third-order valence-corrected chi connectivity index (χ3v) is 0.565. The SMILES string of the molecule is COC(=O)C(=O)OB(O)O.[H-].[Li+]. The van der Waals surface area contributed by atoms with Crippen LogP contribution in [0.25, 0.3) is 0 Å². The van der Waals surface area contributed by atoms with Gasteiger partial charge >= 0.3 is 38.1 Å². The molecule has 0 aliphatic rings. The van der Waals surface area contributed by atoms with E-state index in [-0.39, 0.29) is 20.3 Å². The van der Waals surface area contributed by atoms with Crippen LogP contribution in [0.15, 0.2) is 0 Å². The second kappa shape index (κ2) is 6.25. The molecular weight excluding hydrogens is 150 g/mol. The molecular formula is C3H6BLiO6. The van der Waals surface area contributed by atoms with Crippen LogP contribution in [0.5, 0.6) is 0 Å². The summed E-state index contributed by atoms with van der Waals surface area (Å²) < 4.78 is 7.48. The average Bonchev–Trinajstić information content (AvgIpc) is 1.85. The minimum atomic E-state index is -2.29. The molecule has 8 heteroatoms. The fraction of sp³-hybridized carbons (Fsp3) is 0.333. The molecule has 0 atom stereocenters. The predicted molar refractivity (Wildman–Crippen MR) is 29.4 cm³/mol. The summed E-state index contributed by atoms with van der Waals surface area (Å²) in [7, 11) is -1.32. The van der Waals surface area contributed by atoms with Crippen molar-refractivity contribution in [3.8, 4) is 0 Å². The molecule has 0 saturated carbocycles. The Morgan fingerprint density at radius 2 is 1.82 bits per heavy atom. The van der Waals surface area contributed by atoms with E-state index in [4.69, 9.17) is 10.0 Å². The van der Waals surface area contributed by atoms with Gasteiger partial charge in [0.15, 0.2) is 0 Å². The zero-order valence-corrected chi connectivity index (χ0v) is 6.10. The van der Waals surface area contributed by atoms with Gasteiger partial charge in [0.05, 0.1) is 7.11 Å². The average molecular weight is 156 g/mol. The Hall–Kier alpha value is -0.478. The minimum Gasteiger partial charge on any atom is -1.00 e. The second-order valence-corrected chi connectivity index (χ2v) is 1.22. The molecule has 0 saturated heterocycles. The van der Waals surface area contributed by atoms with Crippen LogP contribution in [-0.4, -0.2) is 36.4 Å². The fourth-order valence-electron chi connectivity index (χ4n) is 0.227. The van der Waals surface area contributed by atoms with Crippen LogP contribution in [0.2, 0.25) is 0 Å². The first-order valence-corrected chi connectivity index (χ1v) is 2.23. The topological polar surface area (TPSA) is 93.1 Å². The maximum Gasteiger partial charge on any atom is 1.00 e. The number of hydrogen-bond acceptors (Lipinski definition) is 6. The first kappa shape index (κ1) is 13.1. The van der Waals surface area contributed by atoms with Crippen LogP contribution in [0, 0.1) is 0 Å². The first-order valence-electron chi connectivity index (χ1n) is 2.23. The quantitative estimate of drug-likeness (QED) is 0.224. The summed E-state index contributed by atoms with van der Waals surface area (Å²) in [6.07, 6.45) is 0. The molecule has 0 aromatic carbocycles. The van der Waals surface area contributed by atoms with E-state index in [1.807, 2.05) is 0 Å². The Bertz CT molecular complexity index is 152. The van der Waals surface area contributed by atoms with Crippen LogP contribution in [0.1, 0.15) is 1.43 Å². The Labute approximate surface area is 76.3 Å². The van der Waals surface area contributed by atoms with Crippen molar-refractivity contribution in [2.45, 2.75) is 0 Å². The molecule has 0 unspecified atom stereocenters. The normalized spacial score (nSPS) is 7.55. The van der Waals surface area contributed by atoms with Crippen molar-refractivity contribution in [3.05, 3.63) is 0 Å². The molecule has 0 rings (SSSR count). The van der Waals surface area contributed by atoms with E-state index < -0.39 is 19.3 Å². The number of rotatable bonds is 1. The Morgan fingerprint density at radius 3 is 2.09 bits per heavy atom. The Morgan fingerprint density at radius 1 is 1.36 bits per heavy atom. The van der Waals surface area contributed by atoms with E-state index in [9.17, 15) is 9.59 Å². The first-order chi connectivity index (χ1) is 4.57. The number of carbonyl (C=O) groups excluding carboxylic acids is 2. The van der Waals surface area contributed by atoms with Crippen LogP contribution in [0.3, 0.4) is 0 Å². The summed E-state index contributed by atoms with van der Waals surface area (Å²) in [5, 5.41) is 15.9. The standard InChI is InChI=1S/C3H5BO6.Li.H/c1-9-2(5)3(6)10-4(7)8;;/h7-8H,1H3;;/q;+1;-1. The molecule has 6 nitrogen and oxygen atoms in total. The van der Waals surface area contributed by atoms with Crippen LogP contribution in [-0.2, 0) is 19.0 Å². The third-order valence-electron chi connectivity index (χ3n) is 0.565. The summed E-state index contributed by atoms with van der Waals surface area (Å²) in [5.74, 6) is -2.73.